The molecule has 0 aliphatic heterocycles. The lowest BCUT2D eigenvalue weighted by Gasteiger charge is -2.10. The predicted octanol–water partition coefficient (Wildman–Crippen LogP) is 4.16. The fourth-order valence-corrected chi connectivity index (χ4v) is 2.79. The molecule has 2 rings (SSSR count). The van der Waals surface area contributed by atoms with Gasteiger partial charge in [0.15, 0.2) is 6.61 Å². The number of hydrogen-bond acceptors (Lipinski definition) is 4. The number of ether oxygens (including phenoxy) is 1. The average molecular weight is 396 g/mol. The molecule has 0 spiro atoms. The Morgan fingerprint density at radius 3 is 2.38 bits per heavy atom. The number of carbonyl (C=O) groups is 3. The Kier molecular flexibility index (Phi) is 8.40. The highest BCUT2D eigenvalue weighted by molar-refractivity contribution is 5.93. The van der Waals surface area contributed by atoms with Gasteiger partial charge in [0.05, 0.1) is 0 Å². The fourth-order valence-electron chi connectivity index (χ4n) is 2.79. The molecule has 0 radical (unpaired) electrons. The van der Waals surface area contributed by atoms with Gasteiger partial charge in [-0.2, -0.15) is 0 Å². The summed E-state index contributed by atoms with van der Waals surface area (Å²) in [5, 5.41) is 5.56. The lowest BCUT2D eigenvalue weighted by molar-refractivity contribution is -0.147. The monoisotopic (exact) mass is 396 g/mol. The first-order chi connectivity index (χ1) is 13.9. The molecule has 0 aromatic heterocycles. The Bertz CT molecular complexity index is 877. The van der Waals surface area contributed by atoms with Crippen molar-refractivity contribution in [3.05, 3.63) is 59.2 Å². The molecule has 2 amide bonds. The zero-order valence-electron chi connectivity index (χ0n) is 17.2. The molecule has 0 saturated carbocycles. The summed E-state index contributed by atoms with van der Waals surface area (Å²) in [4.78, 5) is 35.8. The molecule has 0 aliphatic carbocycles. The molecule has 2 aromatic rings. The second kappa shape index (κ2) is 11.0. The lowest BCUT2D eigenvalue weighted by atomic mass is 10.1. The third-order valence-corrected chi connectivity index (χ3v) is 4.61. The number of carbonyl (C=O) groups excluding carboxylic acids is 3. The minimum absolute atomic E-state index is 0.0831. The highest BCUT2D eigenvalue weighted by Gasteiger charge is 2.11. The smallest absolute Gasteiger partial charge is 0.306 e. The largest absolute Gasteiger partial charge is 0.456 e. The summed E-state index contributed by atoms with van der Waals surface area (Å²) in [7, 11) is 0. The van der Waals surface area contributed by atoms with Crippen molar-refractivity contribution in [3.8, 4) is 0 Å². The second-order valence-corrected chi connectivity index (χ2v) is 6.92. The second-order valence-electron chi connectivity index (χ2n) is 6.92. The molecular formula is C23H28N2O4. The molecule has 2 aromatic carbocycles. The summed E-state index contributed by atoms with van der Waals surface area (Å²) in [6.07, 6.45) is 1.48. The molecule has 0 bridgehead atoms. The van der Waals surface area contributed by atoms with Gasteiger partial charge in [-0.05, 0) is 61.6 Å². The van der Waals surface area contributed by atoms with E-state index in [4.69, 9.17) is 4.74 Å². The van der Waals surface area contributed by atoms with Crippen molar-refractivity contribution in [2.45, 2.75) is 46.5 Å². The van der Waals surface area contributed by atoms with Crippen LogP contribution >= 0.6 is 0 Å². The highest BCUT2D eigenvalue weighted by atomic mass is 16.5. The van der Waals surface area contributed by atoms with Crippen LogP contribution in [0.4, 0.5) is 11.4 Å². The van der Waals surface area contributed by atoms with E-state index in [0.29, 0.717) is 12.1 Å². The molecular weight excluding hydrogens is 368 g/mol. The van der Waals surface area contributed by atoms with E-state index < -0.39 is 11.9 Å². The van der Waals surface area contributed by atoms with Crippen LogP contribution in [0.15, 0.2) is 42.5 Å². The maximum atomic E-state index is 12.1. The number of aryl methyl sites for hydroxylation is 3. The van der Waals surface area contributed by atoms with E-state index >= 15 is 0 Å². The fraction of sp³-hybridized carbons (Fsp3) is 0.348. The molecule has 6 nitrogen and oxygen atoms in total. The van der Waals surface area contributed by atoms with Gasteiger partial charge in [0.25, 0.3) is 5.91 Å². The first-order valence-electron chi connectivity index (χ1n) is 9.79. The molecule has 154 valence electrons. The number of hydrogen-bond donors (Lipinski definition) is 2. The Labute approximate surface area is 171 Å². The van der Waals surface area contributed by atoms with Gasteiger partial charge in [-0.3, -0.25) is 14.4 Å². The van der Waals surface area contributed by atoms with Gasteiger partial charge in [0.1, 0.15) is 0 Å². The van der Waals surface area contributed by atoms with Crippen LogP contribution in [0, 0.1) is 13.8 Å². The third-order valence-electron chi connectivity index (χ3n) is 4.61. The van der Waals surface area contributed by atoms with Crippen LogP contribution in [-0.2, 0) is 25.5 Å². The van der Waals surface area contributed by atoms with Crippen molar-refractivity contribution in [1.29, 1.82) is 0 Å². The zero-order valence-corrected chi connectivity index (χ0v) is 17.2. The quantitative estimate of drug-likeness (QED) is 0.624. The van der Waals surface area contributed by atoms with Crippen molar-refractivity contribution in [2.75, 3.05) is 17.2 Å². The molecule has 2 N–H and O–H groups in total. The van der Waals surface area contributed by atoms with E-state index in [-0.39, 0.29) is 25.4 Å². The first-order valence-corrected chi connectivity index (χ1v) is 9.79. The predicted molar refractivity (Wildman–Crippen MR) is 114 cm³/mol. The van der Waals surface area contributed by atoms with Crippen LogP contribution in [0.2, 0.25) is 0 Å². The normalized spacial score (nSPS) is 10.3. The summed E-state index contributed by atoms with van der Waals surface area (Å²) in [6.45, 7) is 5.63. The molecule has 29 heavy (non-hydrogen) atoms. The van der Waals surface area contributed by atoms with Crippen LogP contribution in [0.3, 0.4) is 0 Å². The Morgan fingerprint density at radius 2 is 1.66 bits per heavy atom. The molecule has 0 heterocycles. The number of benzene rings is 2. The highest BCUT2D eigenvalue weighted by Crippen LogP contribution is 2.16. The summed E-state index contributed by atoms with van der Waals surface area (Å²) in [6, 6.07) is 13.2. The molecule has 0 fully saturated rings. The van der Waals surface area contributed by atoms with Gasteiger partial charge in [-0.1, -0.05) is 31.2 Å². The zero-order chi connectivity index (χ0) is 21.2. The van der Waals surface area contributed by atoms with E-state index in [1.807, 2.05) is 57.2 Å². The third kappa shape index (κ3) is 7.41. The average Bonchev–Trinajstić information content (AvgIpc) is 2.69. The van der Waals surface area contributed by atoms with Gasteiger partial charge in [-0.25, -0.2) is 0 Å². The van der Waals surface area contributed by atoms with Gasteiger partial charge in [0.2, 0.25) is 5.91 Å². The number of amides is 2. The summed E-state index contributed by atoms with van der Waals surface area (Å²) < 4.78 is 4.98. The number of esters is 1. The minimum atomic E-state index is -0.498. The number of anilines is 2. The molecule has 6 heteroatoms. The van der Waals surface area contributed by atoms with Gasteiger partial charge in [0, 0.05) is 24.2 Å². The molecule has 0 atom stereocenters. The van der Waals surface area contributed by atoms with Gasteiger partial charge in [-0.15, -0.1) is 0 Å². The summed E-state index contributed by atoms with van der Waals surface area (Å²) >= 11 is 0. The molecule has 0 unspecified atom stereocenters. The Balaban J connectivity index is 1.66. The van der Waals surface area contributed by atoms with Crippen LogP contribution < -0.4 is 10.6 Å². The first kappa shape index (κ1) is 22.1. The summed E-state index contributed by atoms with van der Waals surface area (Å²) in [5.41, 5.74) is 4.73. The maximum Gasteiger partial charge on any atom is 0.306 e. The van der Waals surface area contributed by atoms with Crippen molar-refractivity contribution in [3.63, 3.8) is 0 Å². The van der Waals surface area contributed by atoms with Crippen LogP contribution in [0.1, 0.15) is 42.9 Å². The maximum absolute atomic E-state index is 12.1. The van der Waals surface area contributed by atoms with Gasteiger partial charge >= 0.3 is 5.97 Å². The minimum Gasteiger partial charge on any atom is -0.456 e. The van der Waals surface area contributed by atoms with Crippen molar-refractivity contribution >= 4 is 29.2 Å². The van der Waals surface area contributed by atoms with E-state index in [2.05, 4.69) is 10.6 Å². The number of para-hydroxylation sites is 1. The lowest BCUT2D eigenvalue weighted by Crippen LogP contribution is -2.21. The summed E-state index contributed by atoms with van der Waals surface area (Å²) in [5.74, 6) is -1.04. The van der Waals surface area contributed by atoms with Crippen molar-refractivity contribution in [2.24, 2.45) is 0 Å². The topological polar surface area (TPSA) is 84.5 Å². The Morgan fingerprint density at radius 1 is 0.897 bits per heavy atom. The van der Waals surface area contributed by atoms with Crippen molar-refractivity contribution in [1.82, 2.24) is 0 Å². The number of rotatable bonds is 9. The number of nitrogens with one attached hydrogen (secondary N) is 2. The van der Waals surface area contributed by atoms with Crippen LogP contribution in [-0.4, -0.2) is 24.4 Å². The van der Waals surface area contributed by atoms with E-state index in [1.54, 1.807) is 6.07 Å². The van der Waals surface area contributed by atoms with Gasteiger partial charge < -0.3 is 15.4 Å². The molecule has 0 aliphatic rings. The standard InChI is InChI=1S/C23H28N2O4/c1-4-18-8-5-6-9-20(18)25-21(26)10-7-11-23(28)29-15-22(27)24-19-13-12-16(2)17(3)14-19/h5-6,8-9,12-14H,4,7,10-11,15H2,1-3H3,(H,24,27)(H,25,26). The van der Waals surface area contributed by atoms with E-state index in [0.717, 1.165) is 28.8 Å². The van der Waals surface area contributed by atoms with E-state index in [1.165, 1.54) is 0 Å². The van der Waals surface area contributed by atoms with E-state index in [9.17, 15) is 14.4 Å². The van der Waals surface area contributed by atoms with Crippen LogP contribution in [0.5, 0.6) is 0 Å². The van der Waals surface area contributed by atoms with Crippen LogP contribution in [0.25, 0.3) is 0 Å². The molecule has 0 saturated heterocycles. The van der Waals surface area contributed by atoms with Crippen molar-refractivity contribution < 1.29 is 19.1 Å². The SMILES string of the molecule is CCc1ccccc1NC(=O)CCCC(=O)OCC(=O)Nc1ccc(C)c(C)c1. The Hall–Kier alpha value is -3.15.